The first-order valence-electron chi connectivity index (χ1n) is 11.0. The molecule has 0 aliphatic carbocycles. The van der Waals surface area contributed by atoms with Crippen LogP contribution in [-0.4, -0.2) is 29.2 Å². The van der Waals surface area contributed by atoms with Gasteiger partial charge in [-0.1, -0.05) is 30.3 Å². The molecule has 0 radical (unpaired) electrons. The van der Waals surface area contributed by atoms with E-state index in [1.165, 1.54) is 4.88 Å². The number of rotatable bonds is 11. The first-order valence-corrected chi connectivity index (χ1v) is 12.9. The van der Waals surface area contributed by atoms with Crippen molar-refractivity contribution in [2.45, 2.75) is 65.5 Å². The molecule has 1 atom stereocenters. The van der Waals surface area contributed by atoms with Crippen LogP contribution in [0.5, 0.6) is 0 Å². The van der Waals surface area contributed by atoms with Gasteiger partial charge in [-0.25, -0.2) is 4.79 Å². The van der Waals surface area contributed by atoms with Crippen LogP contribution in [0.4, 0.5) is 0 Å². The number of thioether (sulfide) groups is 1. The Morgan fingerprint density at radius 1 is 1.32 bits per heavy atom. The van der Waals surface area contributed by atoms with Crippen LogP contribution >= 0.6 is 23.1 Å². The number of aliphatic carboxylic acids is 1. The number of carboxylic acids is 1. The number of thiophene rings is 1. The zero-order chi connectivity index (χ0) is 25.7. The minimum atomic E-state index is -0.988. The molecule has 1 unspecified atom stereocenters. The number of aryl methyl sites for hydroxylation is 1. The molecule has 0 aliphatic rings. The monoisotopic (exact) mass is 504 g/mol. The molecule has 1 amide bonds. The minimum Gasteiger partial charge on any atom is -0.479 e. The van der Waals surface area contributed by atoms with E-state index in [0.29, 0.717) is 6.54 Å². The van der Waals surface area contributed by atoms with Crippen molar-refractivity contribution >= 4 is 35.0 Å². The van der Waals surface area contributed by atoms with E-state index in [4.69, 9.17) is 10.5 Å². The van der Waals surface area contributed by atoms with Gasteiger partial charge < -0.3 is 20.9 Å². The van der Waals surface area contributed by atoms with Crippen molar-refractivity contribution in [3.05, 3.63) is 80.5 Å². The molecule has 1 aromatic heterocycles. The lowest BCUT2D eigenvalue weighted by Crippen LogP contribution is -2.30. The van der Waals surface area contributed by atoms with Crippen molar-refractivity contribution in [1.82, 2.24) is 5.32 Å². The molecule has 8 heteroatoms. The second-order valence-electron chi connectivity index (χ2n) is 7.91. The van der Waals surface area contributed by atoms with Crippen LogP contribution in [0.2, 0.25) is 0 Å². The van der Waals surface area contributed by atoms with Crippen LogP contribution < -0.4 is 11.1 Å². The average Bonchev–Trinajstić information content (AvgIpc) is 3.30. The molecule has 2 aromatic rings. The van der Waals surface area contributed by atoms with Gasteiger partial charge in [0.15, 0.2) is 6.10 Å². The molecule has 186 valence electrons. The van der Waals surface area contributed by atoms with E-state index in [-0.39, 0.29) is 24.1 Å². The summed E-state index contributed by atoms with van der Waals surface area (Å²) in [5, 5.41) is 14.3. The van der Waals surface area contributed by atoms with Gasteiger partial charge in [0.05, 0.1) is 6.10 Å². The highest BCUT2D eigenvalue weighted by Gasteiger charge is 2.20. The highest BCUT2D eigenvalue weighted by atomic mass is 32.2. The first kappa shape index (κ1) is 29.5. The molecule has 0 saturated heterocycles. The Morgan fingerprint density at radius 2 is 2.00 bits per heavy atom. The molecule has 0 saturated carbocycles. The van der Waals surface area contributed by atoms with Crippen molar-refractivity contribution in [2.24, 2.45) is 5.73 Å². The summed E-state index contributed by atoms with van der Waals surface area (Å²) in [5.74, 6) is -0.521. The Balaban J connectivity index is 0.00000182. The number of nitrogens with one attached hydrogen (secondary N) is 1. The van der Waals surface area contributed by atoms with Crippen LogP contribution in [0, 0.1) is 6.92 Å². The topological polar surface area (TPSA) is 102 Å². The Hall–Kier alpha value is -2.55. The fourth-order valence-electron chi connectivity index (χ4n) is 2.86. The molecule has 0 bridgehead atoms. The smallest absolute Gasteiger partial charge is 0.333 e. The summed E-state index contributed by atoms with van der Waals surface area (Å²) in [6, 6.07) is 9.78. The van der Waals surface area contributed by atoms with Crippen molar-refractivity contribution in [3.8, 4) is 0 Å². The number of amides is 1. The number of carboxylic acid groups (broad SMARTS) is 1. The molecule has 2 rings (SSSR count). The lowest BCUT2D eigenvalue weighted by atomic mass is 10.0. The van der Waals surface area contributed by atoms with Gasteiger partial charge in [0.2, 0.25) is 0 Å². The third kappa shape index (κ3) is 10.6. The standard InChI is InChI=1S/C23H30N2O4S2.C3H6/c1-14(2)29-20(23(27)28)11-17-8-7-15(3)18(10-17)12-25-22(26)21(24)16(4)31-13-19-6-5-9-30-19;1-3-2/h5-10,14,20H,11-13,24H2,1-4H3,(H,25,26)(H,27,28);3H,1H2,2H3/b21-16-;. The van der Waals surface area contributed by atoms with Crippen molar-refractivity contribution < 1.29 is 19.4 Å². The van der Waals surface area contributed by atoms with Crippen molar-refractivity contribution in [1.29, 1.82) is 0 Å². The summed E-state index contributed by atoms with van der Waals surface area (Å²) in [4.78, 5) is 26.0. The molecular weight excluding hydrogens is 468 g/mol. The molecular formula is C26H36N2O4S2. The predicted molar refractivity (Wildman–Crippen MR) is 143 cm³/mol. The van der Waals surface area contributed by atoms with Gasteiger partial charge in [0.1, 0.15) is 5.70 Å². The van der Waals surface area contributed by atoms with E-state index in [2.05, 4.69) is 18.0 Å². The number of hydrogen-bond acceptors (Lipinski definition) is 6. The number of carbonyl (C=O) groups is 2. The summed E-state index contributed by atoms with van der Waals surface area (Å²) in [6.07, 6.45) is 0.919. The number of benzene rings is 1. The average molecular weight is 505 g/mol. The molecule has 1 heterocycles. The van der Waals surface area contributed by atoms with E-state index >= 15 is 0 Å². The van der Waals surface area contributed by atoms with Gasteiger partial charge in [0, 0.05) is 28.5 Å². The van der Waals surface area contributed by atoms with Gasteiger partial charge in [0.25, 0.3) is 5.91 Å². The molecule has 0 fully saturated rings. The normalized spacial score (nSPS) is 12.3. The Bertz CT molecular complexity index is 969. The summed E-state index contributed by atoms with van der Waals surface area (Å²) >= 11 is 3.22. The number of allylic oxidation sites excluding steroid dienone is 2. The SMILES string of the molecule is C/C(SCc1cccs1)=C(/N)C(=O)NCc1cc(CC(OC(C)C)C(=O)O)ccc1C.C=CC. The van der Waals surface area contributed by atoms with Crippen LogP contribution in [0.25, 0.3) is 0 Å². The Morgan fingerprint density at radius 3 is 2.56 bits per heavy atom. The molecule has 0 aliphatic heterocycles. The quantitative estimate of drug-likeness (QED) is 0.279. The van der Waals surface area contributed by atoms with E-state index in [9.17, 15) is 14.7 Å². The third-order valence-electron chi connectivity index (χ3n) is 4.62. The Labute approximate surface area is 211 Å². The fraction of sp³-hybridized carbons (Fsp3) is 0.385. The lowest BCUT2D eigenvalue weighted by molar-refractivity contribution is -0.153. The maximum Gasteiger partial charge on any atom is 0.333 e. The van der Waals surface area contributed by atoms with Gasteiger partial charge in [-0.2, -0.15) is 0 Å². The number of carbonyl (C=O) groups excluding carboxylic acids is 1. The highest BCUT2D eigenvalue weighted by Crippen LogP contribution is 2.24. The largest absolute Gasteiger partial charge is 0.479 e. The van der Waals surface area contributed by atoms with Crippen LogP contribution in [0.3, 0.4) is 0 Å². The minimum absolute atomic E-state index is 0.180. The van der Waals surface area contributed by atoms with Crippen molar-refractivity contribution in [2.75, 3.05) is 0 Å². The summed E-state index contributed by atoms with van der Waals surface area (Å²) in [7, 11) is 0. The second-order valence-corrected chi connectivity index (χ2v) is 10.1. The molecule has 0 spiro atoms. The maximum absolute atomic E-state index is 12.5. The zero-order valence-corrected chi connectivity index (χ0v) is 22.2. The maximum atomic E-state index is 12.5. The van der Waals surface area contributed by atoms with Gasteiger partial charge >= 0.3 is 5.97 Å². The lowest BCUT2D eigenvalue weighted by Gasteiger charge is -2.17. The number of nitrogens with two attached hydrogens (primary N) is 1. The zero-order valence-electron chi connectivity index (χ0n) is 20.6. The number of hydrogen-bond donors (Lipinski definition) is 3. The van der Waals surface area contributed by atoms with Gasteiger partial charge in [-0.15, -0.1) is 29.7 Å². The third-order valence-corrected chi connectivity index (χ3v) is 6.79. The summed E-state index contributed by atoms with van der Waals surface area (Å²) < 4.78 is 5.50. The Kier molecular flexibility index (Phi) is 13.3. The highest BCUT2D eigenvalue weighted by molar-refractivity contribution is 8.02. The summed E-state index contributed by atoms with van der Waals surface area (Å²) in [6.45, 7) is 13.0. The van der Waals surface area contributed by atoms with Crippen LogP contribution in [0.15, 0.2) is 59.0 Å². The predicted octanol–water partition coefficient (Wildman–Crippen LogP) is 5.41. The molecule has 34 heavy (non-hydrogen) atoms. The first-order chi connectivity index (χ1) is 16.1. The van der Waals surface area contributed by atoms with E-state index in [1.54, 1.807) is 29.2 Å². The van der Waals surface area contributed by atoms with Crippen LogP contribution in [0.1, 0.15) is 49.3 Å². The number of ether oxygens (including phenoxy) is 1. The van der Waals surface area contributed by atoms with Gasteiger partial charge in [-0.3, -0.25) is 4.79 Å². The molecule has 1 aromatic carbocycles. The summed E-state index contributed by atoms with van der Waals surface area (Å²) in [5.41, 5.74) is 9.02. The van der Waals surface area contributed by atoms with Crippen LogP contribution in [-0.2, 0) is 33.0 Å². The van der Waals surface area contributed by atoms with Gasteiger partial charge in [-0.05, 0) is 62.8 Å². The van der Waals surface area contributed by atoms with E-state index in [0.717, 1.165) is 27.3 Å². The second kappa shape index (κ2) is 15.4. The molecule has 4 N–H and O–H groups in total. The van der Waals surface area contributed by atoms with E-state index < -0.39 is 12.1 Å². The molecule has 6 nitrogen and oxygen atoms in total. The fourth-order valence-corrected chi connectivity index (χ4v) is 4.50. The van der Waals surface area contributed by atoms with Crippen molar-refractivity contribution in [3.63, 3.8) is 0 Å². The van der Waals surface area contributed by atoms with E-state index in [1.807, 2.05) is 64.3 Å².